The molecule has 0 aliphatic rings. The van der Waals surface area contributed by atoms with Gasteiger partial charge in [0.05, 0.1) is 27.7 Å². The number of ether oxygens (including phenoxy) is 2. The number of carbonyl (C=O) groups excluding carboxylic acids is 2. The third-order valence-electron chi connectivity index (χ3n) is 12.2. The van der Waals surface area contributed by atoms with Crippen LogP contribution in [-0.2, 0) is 32.7 Å². The van der Waals surface area contributed by atoms with Crippen molar-refractivity contribution in [3.63, 3.8) is 0 Å². The second-order valence-electron chi connectivity index (χ2n) is 20.3. The fourth-order valence-corrected chi connectivity index (χ4v) is 8.50. The van der Waals surface area contributed by atoms with Gasteiger partial charge in [-0.25, -0.2) is 4.57 Å². The Labute approximate surface area is 437 Å². The van der Waals surface area contributed by atoms with Crippen molar-refractivity contribution in [2.75, 3.05) is 47.5 Å². The standard InChI is InChI=1S/C61H108NO8P/c1-6-8-10-12-14-16-18-20-22-24-26-27-28-29-30-31-32-33-34-35-36-38-40-42-44-46-48-50-52-54-61(64)70-59(58-69-71(65,66)68-56-55-62(3,4)5)57-67-60(63)53-51-49-47-45-43-41-39-37-25-23-21-19-17-15-13-11-9-7-2/h8,10,14,16,20,22,26-27,29-30,32-33,35-36,59H,6-7,9,11-13,15,17-19,21,23-25,28,31,34,37-58H2,1-5H3/p+1/b10-8-,16-14-,22-20-,27-26-,30-29-,33-32-,36-35-. The van der Waals surface area contributed by atoms with Crippen LogP contribution >= 0.6 is 7.82 Å². The van der Waals surface area contributed by atoms with E-state index in [1.54, 1.807) is 0 Å². The van der Waals surface area contributed by atoms with Crippen LogP contribution in [0.1, 0.15) is 239 Å². The maximum Gasteiger partial charge on any atom is 0.472 e. The monoisotopic (exact) mass is 1010 g/mol. The summed E-state index contributed by atoms with van der Waals surface area (Å²) in [5.41, 5.74) is 0. The van der Waals surface area contributed by atoms with Crippen molar-refractivity contribution >= 4 is 19.8 Å². The number of nitrogens with zero attached hydrogens (tertiary/aromatic N) is 1. The largest absolute Gasteiger partial charge is 0.472 e. The Bertz CT molecular complexity index is 1470. The van der Waals surface area contributed by atoms with Gasteiger partial charge in [-0.15, -0.1) is 0 Å². The lowest BCUT2D eigenvalue weighted by atomic mass is 10.0. The number of phosphoric acid groups is 1. The quantitative estimate of drug-likeness (QED) is 0.0211. The molecule has 0 aliphatic carbocycles. The van der Waals surface area contributed by atoms with E-state index in [-0.39, 0.29) is 32.0 Å². The predicted molar refractivity (Wildman–Crippen MR) is 302 cm³/mol. The number of quaternary nitrogens is 1. The number of unbranched alkanes of at least 4 members (excludes halogenated alkanes) is 24. The zero-order chi connectivity index (χ0) is 52.0. The topological polar surface area (TPSA) is 108 Å². The van der Waals surface area contributed by atoms with E-state index in [2.05, 4.69) is 98.9 Å². The molecule has 71 heavy (non-hydrogen) atoms. The molecule has 0 heterocycles. The van der Waals surface area contributed by atoms with Crippen LogP contribution in [0.5, 0.6) is 0 Å². The number of rotatable bonds is 52. The molecule has 0 aliphatic heterocycles. The molecule has 1 N–H and O–H groups in total. The van der Waals surface area contributed by atoms with E-state index >= 15 is 0 Å². The Morgan fingerprint density at radius 3 is 1.20 bits per heavy atom. The van der Waals surface area contributed by atoms with Crippen LogP contribution in [0.25, 0.3) is 0 Å². The number of hydrogen-bond acceptors (Lipinski definition) is 7. The van der Waals surface area contributed by atoms with Crippen LogP contribution in [0.15, 0.2) is 85.1 Å². The molecule has 0 saturated heterocycles. The summed E-state index contributed by atoms with van der Waals surface area (Å²) in [6.45, 7) is 4.32. The van der Waals surface area contributed by atoms with Crippen LogP contribution < -0.4 is 0 Å². The molecule has 2 atom stereocenters. The van der Waals surface area contributed by atoms with Gasteiger partial charge in [-0.1, -0.05) is 240 Å². The Kier molecular flexibility index (Phi) is 50.0. The lowest BCUT2D eigenvalue weighted by molar-refractivity contribution is -0.870. The van der Waals surface area contributed by atoms with Gasteiger partial charge in [-0.2, -0.15) is 0 Å². The predicted octanol–water partition coefficient (Wildman–Crippen LogP) is 17.9. The lowest BCUT2D eigenvalue weighted by Crippen LogP contribution is -2.37. The molecule has 0 bridgehead atoms. The minimum absolute atomic E-state index is 0.0267. The Hall–Kier alpha value is -2.81. The zero-order valence-electron chi connectivity index (χ0n) is 46.4. The van der Waals surface area contributed by atoms with E-state index in [4.69, 9.17) is 18.5 Å². The van der Waals surface area contributed by atoms with Crippen molar-refractivity contribution in [3.8, 4) is 0 Å². The highest BCUT2D eigenvalue weighted by atomic mass is 31.2. The Balaban J connectivity index is 4.21. The number of carbonyl (C=O) groups is 2. The smallest absolute Gasteiger partial charge is 0.462 e. The second-order valence-corrected chi connectivity index (χ2v) is 21.8. The average Bonchev–Trinajstić information content (AvgIpc) is 3.33. The number of hydrogen-bond donors (Lipinski definition) is 1. The average molecular weight is 1020 g/mol. The summed E-state index contributed by atoms with van der Waals surface area (Å²) in [6, 6.07) is 0. The van der Waals surface area contributed by atoms with Crippen LogP contribution in [0.4, 0.5) is 0 Å². The highest BCUT2D eigenvalue weighted by molar-refractivity contribution is 7.47. The highest BCUT2D eigenvalue weighted by Crippen LogP contribution is 2.43. The molecule has 0 radical (unpaired) electrons. The fourth-order valence-electron chi connectivity index (χ4n) is 7.76. The van der Waals surface area contributed by atoms with Crippen molar-refractivity contribution < 1.29 is 42.1 Å². The van der Waals surface area contributed by atoms with Crippen LogP contribution in [0, 0.1) is 0 Å². The summed E-state index contributed by atoms with van der Waals surface area (Å²) in [6.07, 6.45) is 69.3. The van der Waals surface area contributed by atoms with Gasteiger partial charge in [0.2, 0.25) is 0 Å². The number of allylic oxidation sites excluding steroid dienone is 14. The van der Waals surface area contributed by atoms with Crippen molar-refractivity contribution in [1.82, 2.24) is 0 Å². The summed E-state index contributed by atoms with van der Waals surface area (Å²) in [7, 11) is 1.46. The van der Waals surface area contributed by atoms with Gasteiger partial charge in [-0.05, 0) is 70.6 Å². The van der Waals surface area contributed by atoms with Crippen LogP contribution in [0.2, 0.25) is 0 Å². The summed E-state index contributed by atoms with van der Waals surface area (Å²) in [5.74, 6) is -0.807. The molecule has 0 rings (SSSR count). The maximum atomic E-state index is 12.8. The first-order valence-electron chi connectivity index (χ1n) is 28.8. The third-order valence-corrected chi connectivity index (χ3v) is 13.2. The molecule has 0 fully saturated rings. The van der Waals surface area contributed by atoms with E-state index in [1.165, 1.54) is 116 Å². The maximum absolute atomic E-state index is 12.8. The molecule has 0 spiro atoms. The van der Waals surface area contributed by atoms with Crippen LogP contribution in [-0.4, -0.2) is 74.9 Å². The molecule has 0 aromatic rings. The van der Waals surface area contributed by atoms with E-state index < -0.39 is 26.5 Å². The van der Waals surface area contributed by atoms with E-state index in [0.717, 1.165) is 89.9 Å². The fraction of sp³-hybridized carbons (Fsp3) is 0.738. The molecular weight excluding hydrogens is 906 g/mol. The normalized spacial score (nSPS) is 13.9. The summed E-state index contributed by atoms with van der Waals surface area (Å²) in [5, 5.41) is 0. The van der Waals surface area contributed by atoms with E-state index in [0.29, 0.717) is 17.4 Å². The molecule has 0 amide bonds. The van der Waals surface area contributed by atoms with Gasteiger partial charge < -0.3 is 18.9 Å². The first-order valence-corrected chi connectivity index (χ1v) is 30.3. The summed E-state index contributed by atoms with van der Waals surface area (Å²) >= 11 is 0. The lowest BCUT2D eigenvalue weighted by Gasteiger charge is -2.24. The minimum atomic E-state index is -4.39. The SMILES string of the molecule is CC/C=C\C/C=C\C/C=C\C/C=C\C/C=C\C/C=C\C/C=C\CCCCCCCCCC(=O)OC(COC(=O)CCCCCCCCCCCCCCCCCCCC)COP(=O)(O)OCC[N+](C)(C)C. The first kappa shape index (κ1) is 68.2. The van der Waals surface area contributed by atoms with Gasteiger partial charge in [0.15, 0.2) is 6.10 Å². The molecule has 410 valence electrons. The Morgan fingerprint density at radius 2 is 0.803 bits per heavy atom. The van der Waals surface area contributed by atoms with Crippen molar-refractivity contribution in [2.45, 2.75) is 245 Å². The second kappa shape index (κ2) is 52.1. The molecule has 9 nitrogen and oxygen atoms in total. The molecule has 10 heteroatoms. The van der Waals surface area contributed by atoms with Gasteiger partial charge >= 0.3 is 19.8 Å². The van der Waals surface area contributed by atoms with Crippen molar-refractivity contribution in [3.05, 3.63) is 85.1 Å². The Morgan fingerprint density at radius 1 is 0.451 bits per heavy atom. The molecule has 0 aromatic heterocycles. The van der Waals surface area contributed by atoms with E-state index in [9.17, 15) is 19.0 Å². The number of esters is 2. The molecule has 0 saturated carbocycles. The molecule has 2 unspecified atom stereocenters. The van der Waals surface area contributed by atoms with Gasteiger partial charge in [0.1, 0.15) is 19.8 Å². The molecular formula is C61H109NO8P+. The van der Waals surface area contributed by atoms with Gasteiger partial charge in [-0.3, -0.25) is 18.6 Å². The summed E-state index contributed by atoms with van der Waals surface area (Å²) < 4.78 is 34.5. The number of phosphoric ester groups is 1. The minimum Gasteiger partial charge on any atom is -0.462 e. The third kappa shape index (κ3) is 56.3. The zero-order valence-corrected chi connectivity index (χ0v) is 47.3. The van der Waals surface area contributed by atoms with Crippen LogP contribution in [0.3, 0.4) is 0 Å². The van der Waals surface area contributed by atoms with Gasteiger partial charge in [0.25, 0.3) is 0 Å². The first-order chi connectivity index (χ1) is 34.5. The van der Waals surface area contributed by atoms with Crippen molar-refractivity contribution in [2.24, 2.45) is 0 Å². The molecule has 0 aromatic carbocycles. The van der Waals surface area contributed by atoms with Gasteiger partial charge in [0, 0.05) is 12.8 Å². The van der Waals surface area contributed by atoms with Crippen molar-refractivity contribution in [1.29, 1.82) is 0 Å². The highest BCUT2D eigenvalue weighted by Gasteiger charge is 2.27. The summed E-state index contributed by atoms with van der Waals surface area (Å²) in [4.78, 5) is 35.7. The number of likely N-dealkylation sites (N-methyl/N-ethyl adjacent to an activating group) is 1. The van der Waals surface area contributed by atoms with E-state index in [1.807, 2.05) is 21.1 Å².